The first-order valence-electron chi connectivity index (χ1n) is 8.86. The van der Waals surface area contributed by atoms with Crippen LogP contribution in [0.2, 0.25) is 0 Å². The summed E-state index contributed by atoms with van der Waals surface area (Å²) >= 11 is 0. The summed E-state index contributed by atoms with van der Waals surface area (Å²) in [6, 6.07) is 10.2. The molecule has 1 fully saturated rings. The van der Waals surface area contributed by atoms with Crippen LogP contribution in [0.4, 0.5) is 10.5 Å². The number of rotatable bonds is 4. The Morgan fingerprint density at radius 2 is 1.84 bits per heavy atom. The normalized spacial score (nSPS) is 15.8. The number of hydrogen-bond donors (Lipinski definition) is 2. The van der Waals surface area contributed by atoms with Crippen molar-refractivity contribution in [2.24, 2.45) is 0 Å². The van der Waals surface area contributed by atoms with Crippen molar-refractivity contribution in [2.75, 3.05) is 18.4 Å². The standard InChI is InChI=1S/C20H26N4O/c1-15-3-4-19(13-16(15)2)23-20(25)22-18-7-11-24(12-8-18)14-17-5-9-21-10-6-17/h3-6,9-10,13,18H,7-8,11-12,14H2,1-2H3,(H2,22,23,25). The lowest BCUT2D eigenvalue weighted by Crippen LogP contribution is -2.45. The Morgan fingerprint density at radius 1 is 1.12 bits per heavy atom. The molecule has 25 heavy (non-hydrogen) atoms. The number of amides is 2. The molecule has 5 nitrogen and oxygen atoms in total. The van der Waals surface area contributed by atoms with Gasteiger partial charge in [0.2, 0.25) is 0 Å². The van der Waals surface area contributed by atoms with Crippen molar-refractivity contribution in [3.8, 4) is 0 Å². The number of anilines is 1. The van der Waals surface area contributed by atoms with Gasteiger partial charge in [-0.25, -0.2) is 4.79 Å². The number of likely N-dealkylation sites (tertiary alicyclic amines) is 1. The molecule has 0 saturated carbocycles. The average Bonchev–Trinajstić information content (AvgIpc) is 2.61. The van der Waals surface area contributed by atoms with Gasteiger partial charge in [0.1, 0.15) is 0 Å². The lowest BCUT2D eigenvalue weighted by atomic mass is 10.0. The van der Waals surface area contributed by atoms with E-state index in [2.05, 4.69) is 46.5 Å². The molecule has 132 valence electrons. The number of piperidine rings is 1. The van der Waals surface area contributed by atoms with Gasteiger partial charge in [0.05, 0.1) is 0 Å². The molecule has 0 spiro atoms. The fourth-order valence-corrected chi connectivity index (χ4v) is 3.15. The summed E-state index contributed by atoms with van der Waals surface area (Å²) in [6.07, 6.45) is 5.62. The van der Waals surface area contributed by atoms with Gasteiger partial charge in [-0.15, -0.1) is 0 Å². The quantitative estimate of drug-likeness (QED) is 0.897. The van der Waals surface area contributed by atoms with Crippen molar-refractivity contribution in [1.29, 1.82) is 0 Å². The molecule has 5 heteroatoms. The monoisotopic (exact) mass is 338 g/mol. The van der Waals surface area contributed by atoms with Gasteiger partial charge in [0.25, 0.3) is 0 Å². The van der Waals surface area contributed by atoms with Crippen LogP contribution >= 0.6 is 0 Å². The van der Waals surface area contributed by atoms with Crippen LogP contribution in [0.15, 0.2) is 42.7 Å². The molecular formula is C20H26N4O. The van der Waals surface area contributed by atoms with E-state index in [0.717, 1.165) is 38.2 Å². The van der Waals surface area contributed by atoms with Crippen LogP contribution in [0.25, 0.3) is 0 Å². The molecule has 2 N–H and O–H groups in total. The molecular weight excluding hydrogens is 312 g/mol. The van der Waals surface area contributed by atoms with Crippen molar-refractivity contribution in [3.63, 3.8) is 0 Å². The van der Waals surface area contributed by atoms with Crippen molar-refractivity contribution in [3.05, 3.63) is 59.4 Å². The van der Waals surface area contributed by atoms with E-state index in [1.807, 2.05) is 30.6 Å². The van der Waals surface area contributed by atoms with Crippen molar-refractivity contribution < 1.29 is 4.79 Å². The van der Waals surface area contributed by atoms with Gasteiger partial charge < -0.3 is 10.6 Å². The second-order valence-corrected chi connectivity index (χ2v) is 6.80. The number of pyridine rings is 1. The minimum Gasteiger partial charge on any atom is -0.335 e. The second kappa shape index (κ2) is 8.12. The Labute approximate surface area is 149 Å². The van der Waals surface area contributed by atoms with Crippen LogP contribution in [0.1, 0.15) is 29.5 Å². The van der Waals surface area contributed by atoms with E-state index in [9.17, 15) is 4.79 Å². The maximum atomic E-state index is 12.2. The van der Waals surface area contributed by atoms with Gasteiger partial charge in [-0.2, -0.15) is 0 Å². The number of carbonyl (C=O) groups is 1. The molecule has 3 rings (SSSR count). The number of carbonyl (C=O) groups excluding carboxylic acids is 1. The van der Waals surface area contributed by atoms with E-state index in [0.29, 0.717) is 0 Å². The molecule has 1 aliphatic heterocycles. The molecule has 0 unspecified atom stereocenters. The number of nitrogens with one attached hydrogen (secondary N) is 2. The number of aromatic nitrogens is 1. The summed E-state index contributed by atoms with van der Waals surface area (Å²) in [5.41, 5.74) is 4.54. The zero-order chi connectivity index (χ0) is 17.6. The summed E-state index contributed by atoms with van der Waals surface area (Å²) in [6.45, 7) is 7.06. The molecule has 0 aliphatic carbocycles. The maximum Gasteiger partial charge on any atom is 0.319 e. The summed E-state index contributed by atoms with van der Waals surface area (Å²) in [5.74, 6) is 0. The Hall–Kier alpha value is -2.40. The zero-order valence-corrected chi connectivity index (χ0v) is 15.0. The topological polar surface area (TPSA) is 57.3 Å². The Bertz CT molecular complexity index is 709. The van der Waals surface area contributed by atoms with Gasteiger partial charge in [0, 0.05) is 43.8 Å². The van der Waals surface area contributed by atoms with Crippen LogP contribution in [0, 0.1) is 13.8 Å². The number of hydrogen-bond acceptors (Lipinski definition) is 3. The highest BCUT2D eigenvalue weighted by Crippen LogP contribution is 2.16. The number of nitrogens with zero attached hydrogens (tertiary/aromatic N) is 2. The molecule has 1 aromatic carbocycles. The molecule has 0 radical (unpaired) electrons. The van der Waals surface area contributed by atoms with E-state index in [1.165, 1.54) is 16.7 Å². The van der Waals surface area contributed by atoms with E-state index in [-0.39, 0.29) is 12.1 Å². The van der Waals surface area contributed by atoms with Crippen LogP contribution in [0.3, 0.4) is 0 Å². The molecule has 0 bridgehead atoms. The highest BCUT2D eigenvalue weighted by molar-refractivity contribution is 5.89. The Kier molecular flexibility index (Phi) is 5.66. The summed E-state index contributed by atoms with van der Waals surface area (Å²) in [5, 5.41) is 6.04. The fraction of sp³-hybridized carbons (Fsp3) is 0.400. The SMILES string of the molecule is Cc1ccc(NC(=O)NC2CCN(Cc3ccncc3)CC2)cc1C. The van der Waals surface area contributed by atoms with Crippen LogP contribution in [0.5, 0.6) is 0 Å². The molecule has 0 atom stereocenters. The van der Waals surface area contributed by atoms with Crippen molar-refractivity contribution in [1.82, 2.24) is 15.2 Å². The Balaban J connectivity index is 1.43. The van der Waals surface area contributed by atoms with Crippen molar-refractivity contribution in [2.45, 2.75) is 39.3 Å². The van der Waals surface area contributed by atoms with E-state index >= 15 is 0 Å². The van der Waals surface area contributed by atoms with Crippen LogP contribution in [-0.2, 0) is 6.54 Å². The first kappa shape index (κ1) is 17.4. The minimum atomic E-state index is -0.115. The summed E-state index contributed by atoms with van der Waals surface area (Å²) in [4.78, 5) is 18.7. The third-order valence-corrected chi connectivity index (χ3v) is 4.84. The van der Waals surface area contributed by atoms with Crippen molar-refractivity contribution >= 4 is 11.7 Å². The number of benzene rings is 1. The van der Waals surface area contributed by atoms with E-state index < -0.39 is 0 Å². The third kappa shape index (κ3) is 5.03. The predicted octanol–water partition coefficient (Wildman–Crippen LogP) is 3.48. The minimum absolute atomic E-state index is 0.115. The second-order valence-electron chi connectivity index (χ2n) is 6.80. The lowest BCUT2D eigenvalue weighted by Gasteiger charge is -2.32. The lowest BCUT2D eigenvalue weighted by molar-refractivity contribution is 0.190. The Morgan fingerprint density at radius 3 is 2.52 bits per heavy atom. The largest absolute Gasteiger partial charge is 0.335 e. The average molecular weight is 338 g/mol. The number of aryl methyl sites for hydroxylation is 2. The van der Waals surface area contributed by atoms with Gasteiger partial charge in [-0.05, 0) is 67.6 Å². The first-order valence-corrected chi connectivity index (χ1v) is 8.86. The highest BCUT2D eigenvalue weighted by Gasteiger charge is 2.20. The molecule has 1 aromatic heterocycles. The van der Waals surface area contributed by atoms with Crippen LogP contribution < -0.4 is 10.6 Å². The first-order chi connectivity index (χ1) is 12.1. The maximum absolute atomic E-state index is 12.2. The van der Waals surface area contributed by atoms with Gasteiger partial charge in [-0.3, -0.25) is 9.88 Å². The molecule has 1 aliphatic rings. The molecule has 2 amide bonds. The van der Waals surface area contributed by atoms with Gasteiger partial charge >= 0.3 is 6.03 Å². The highest BCUT2D eigenvalue weighted by atomic mass is 16.2. The van der Waals surface area contributed by atoms with Gasteiger partial charge in [-0.1, -0.05) is 6.07 Å². The molecule has 2 aromatic rings. The van der Waals surface area contributed by atoms with E-state index in [4.69, 9.17) is 0 Å². The molecule has 2 heterocycles. The fourth-order valence-electron chi connectivity index (χ4n) is 3.15. The summed E-state index contributed by atoms with van der Waals surface area (Å²) < 4.78 is 0. The smallest absolute Gasteiger partial charge is 0.319 e. The molecule has 1 saturated heterocycles. The summed E-state index contributed by atoms with van der Waals surface area (Å²) in [7, 11) is 0. The van der Waals surface area contributed by atoms with Crippen LogP contribution in [-0.4, -0.2) is 35.0 Å². The zero-order valence-electron chi connectivity index (χ0n) is 15.0. The van der Waals surface area contributed by atoms with E-state index in [1.54, 1.807) is 0 Å². The third-order valence-electron chi connectivity index (χ3n) is 4.84. The number of urea groups is 1. The van der Waals surface area contributed by atoms with Gasteiger partial charge in [0.15, 0.2) is 0 Å². The predicted molar refractivity (Wildman–Crippen MR) is 101 cm³/mol.